The molecule has 1 amide bonds. The van der Waals surface area contributed by atoms with E-state index >= 15 is 0 Å². The highest BCUT2D eigenvalue weighted by Crippen LogP contribution is 2.33. The van der Waals surface area contributed by atoms with E-state index in [9.17, 15) is 9.59 Å². The number of hydrogen-bond donors (Lipinski definition) is 3. The zero-order valence-electron chi connectivity index (χ0n) is 20.3. The first-order chi connectivity index (χ1) is 15.8. The van der Waals surface area contributed by atoms with E-state index in [4.69, 9.17) is 5.73 Å². The van der Waals surface area contributed by atoms with Crippen LogP contribution in [0.5, 0.6) is 0 Å². The molecule has 7 nitrogen and oxygen atoms in total. The van der Waals surface area contributed by atoms with E-state index in [1.807, 2.05) is 32.9 Å². The average molecular weight is 450 g/mol. The van der Waals surface area contributed by atoms with E-state index in [1.165, 1.54) is 19.0 Å². The molecular weight excluding hydrogens is 414 g/mol. The maximum atomic E-state index is 13.3. The minimum atomic E-state index is -0.223. The first kappa shape index (κ1) is 24.3. The molecule has 1 fully saturated rings. The summed E-state index contributed by atoms with van der Waals surface area (Å²) in [5, 5.41) is 2.95. The molecular formula is C26H35N5O2. The predicted octanol–water partition coefficient (Wildman–Crippen LogP) is 3.61. The molecule has 2 aromatic rings. The van der Waals surface area contributed by atoms with Gasteiger partial charge in [0, 0.05) is 67.2 Å². The standard InChI is InChI=1S/C26H35N5O2/c1-16-10-17(2)30-26(33)23(16)15-29-25(32)22-11-19(20(13-27)14-28-4)12-24(18(22)3)31(5)21-8-6-7-9-21/h10-14,21H,6-9,15,27H2,1-5H3,(H,29,32)(H,30,33). The molecule has 33 heavy (non-hydrogen) atoms. The van der Waals surface area contributed by atoms with Gasteiger partial charge in [-0.15, -0.1) is 0 Å². The molecule has 3 rings (SSSR count). The molecule has 1 aromatic carbocycles. The number of hydrogen-bond acceptors (Lipinski definition) is 5. The molecule has 0 unspecified atom stereocenters. The number of H-pyrrole nitrogens is 1. The summed E-state index contributed by atoms with van der Waals surface area (Å²) >= 11 is 0. The summed E-state index contributed by atoms with van der Waals surface area (Å²) in [6, 6.07) is 6.29. The molecule has 0 bridgehead atoms. The molecule has 0 aliphatic heterocycles. The number of aromatic nitrogens is 1. The molecule has 0 spiro atoms. The summed E-state index contributed by atoms with van der Waals surface area (Å²) in [6.45, 7) is 5.86. The molecule has 176 valence electrons. The van der Waals surface area contributed by atoms with Gasteiger partial charge in [-0.3, -0.25) is 14.6 Å². The zero-order valence-corrected chi connectivity index (χ0v) is 20.3. The van der Waals surface area contributed by atoms with Crippen LogP contribution in [0.1, 0.15) is 64.0 Å². The van der Waals surface area contributed by atoms with E-state index < -0.39 is 0 Å². The van der Waals surface area contributed by atoms with Crippen LogP contribution in [0, 0.1) is 20.8 Å². The van der Waals surface area contributed by atoms with Crippen LogP contribution in [0.15, 0.2) is 34.2 Å². The Kier molecular flexibility index (Phi) is 7.74. The van der Waals surface area contributed by atoms with Crippen molar-refractivity contribution in [3.05, 3.63) is 68.3 Å². The summed E-state index contributed by atoms with van der Waals surface area (Å²) in [7, 11) is 3.79. The number of carbonyl (C=O) groups is 1. The Morgan fingerprint density at radius 1 is 1.24 bits per heavy atom. The third kappa shape index (κ3) is 5.35. The van der Waals surface area contributed by atoms with E-state index in [0.29, 0.717) is 17.2 Å². The van der Waals surface area contributed by atoms with Crippen LogP contribution in [0.2, 0.25) is 0 Å². The Bertz CT molecular complexity index is 1140. The third-order valence-electron chi connectivity index (χ3n) is 6.58. The smallest absolute Gasteiger partial charge is 0.253 e. The van der Waals surface area contributed by atoms with Gasteiger partial charge in [-0.1, -0.05) is 12.8 Å². The van der Waals surface area contributed by atoms with Gasteiger partial charge in [-0.05, 0) is 68.5 Å². The van der Waals surface area contributed by atoms with Crippen LogP contribution < -0.4 is 21.5 Å². The van der Waals surface area contributed by atoms with Crippen molar-refractivity contribution in [1.29, 1.82) is 0 Å². The van der Waals surface area contributed by atoms with Crippen molar-refractivity contribution in [2.24, 2.45) is 10.7 Å². The number of benzene rings is 1. The molecule has 7 heteroatoms. The fraction of sp³-hybridized carbons (Fsp3) is 0.423. The number of allylic oxidation sites excluding steroid dienone is 1. The first-order valence-electron chi connectivity index (χ1n) is 11.5. The number of carbonyl (C=O) groups excluding carboxylic acids is 1. The monoisotopic (exact) mass is 449 g/mol. The number of anilines is 1. The second-order valence-electron chi connectivity index (χ2n) is 8.85. The number of aliphatic imine (C=N–C) groups is 1. The Morgan fingerprint density at radius 2 is 1.94 bits per heavy atom. The highest BCUT2D eigenvalue weighted by Gasteiger charge is 2.24. The lowest BCUT2D eigenvalue weighted by atomic mass is 9.96. The summed E-state index contributed by atoms with van der Waals surface area (Å²) in [6.07, 6.45) is 7.94. The molecule has 0 radical (unpaired) electrons. The van der Waals surface area contributed by atoms with E-state index in [-0.39, 0.29) is 18.0 Å². The maximum Gasteiger partial charge on any atom is 0.253 e. The van der Waals surface area contributed by atoms with Crippen molar-refractivity contribution >= 4 is 23.4 Å². The maximum absolute atomic E-state index is 13.3. The Labute approximate surface area is 195 Å². The summed E-state index contributed by atoms with van der Waals surface area (Å²) in [4.78, 5) is 34.9. The average Bonchev–Trinajstić information content (AvgIpc) is 3.31. The second kappa shape index (κ2) is 10.5. The quantitative estimate of drug-likeness (QED) is 0.562. The fourth-order valence-corrected chi connectivity index (χ4v) is 4.67. The van der Waals surface area contributed by atoms with Gasteiger partial charge in [0.05, 0.1) is 0 Å². The SMILES string of the molecule is CN=CC(=CN)c1cc(C(=O)NCc2c(C)cc(C)[nH]c2=O)c(C)c(N(C)C2CCCC2)c1. The molecule has 1 aliphatic rings. The molecule has 0 saturated heterocycles. The van der Waals surface area contributed by atoms with Gasteiger partial charge in [0.15, 0.2) is 0 Å². The summed E-state index contributed by atoms with van der Waals surface area (Å²) in [5.41, 5.74) is 12.0. The van der Waals surface area contributed by atoms with Crippen LogP contribution in [0.4, 0.5) is 5.69 Å². The van der Waals surface area contributed by atoms with Gasteiger partial charge in [0.25, 0.3) is 11.5 Å². The van der Waals surface area contributed by atoms with Crippen LogP contribution >= 0.6 is 0 Å². The number of amides is 1. The third-order valence-corrected chi connectivity index (χ3v) is 6.58. The van der Waals surface area contributed by atoms with Gasteiger partial charge in [0.1, 0.15) is 0 Å². The first-order valence-corrected chi connectivity index (χ1v) is 11.5. The predicted molar refractivity (Wildman–Crippen MR) is 136 cm³/mol. The molecule has 1 aromatic heterocycles. The van der Waals surface area contributed by atoms with Crippen molar-refractivity contribution < 1.29 is 4.79 Å². The lowest BCUT2D eigenvalue weighted by Crippen LogP contribution is -2.31. The number of aromatic amines is 1. The largest absolute Gasteiger partial charge is 0.404 e. The zero-order chi connectivity index (χ0) is 24.1. The van der Waals surface area contributed by atoms with Crippen LogP contribution in [0.3, 0.4) is 0 Å². The molecule has 1 saturated carbocycles. The second-order valence-corrected chi connectivity index (χ2v) is 8.85. The van der Waals surface area contributed by atoms with Crippen molar-refractivity contribution in [2.75, 3.05) is 19.0 Å². The van der Waals surface area contributed by atoms with Crippen LogP contribution in [0.25, 0.3) is 5.57 Å². The van der Waals surface area contributed by atoms with Crippen LogP contribution in [-0.4, -0.2) is 37.2 Å². The van der Waals surface area contributed by atoms with Gasteiger partial charge in [0.2, 0.25) is 0 Å². The molecule has 4 N–H and O–H groups in total. The summed E-state index contributed by atoms with van der Waals surface area (Å²) < 4.78 is 0. The number of nitrogens with two attached hydrogens (primary N) is 1. The van der Waals surface area contributed by atoms with E-state index in [1.54, 1.807) is 13.3 Å². The lowest BCUT2D eigenvalue weighted by Gasteiger charge is -2.29. The fourth-order valence-electron chi connectivity index (χ4n) is 4.67. The number of aryl methyl sites for hydroxylation is 2. The number of rotatable bonds is 7. The number of nitrogens with one attached hydrogen (secondary N) is 2. The number of pyridine rings is 1. The normalized spacial score (nSPS) is 14.8. The van der Waals surface area contributed by atoms with E-state index in [0.717, 1.165) is 46.5 Å². The lowest BCUT2D eigenvalue weighted by molar-refractivity contribution is 0.0950. The highest BCUT2D eigenvalue weighted by molar-refractivity contribution is 6.11. The van der Waals surface area contributed by atoms with E-state index in [2.05, 4.69) is 33.3 Å². The van der Waals surface area contributed by atoms with Crippen molar-refractivity contribution in [2.45, 2.75) is 59.0 Å². The van der Waals surface area contributed by atoms with Crippen molar-refractivity contribution in [3.8, 4) is 0 Å². The minimum Gasteiger partial charge on any atom is -0.404 e. The van der Waals surface area contributed by atoms with Gasteiger partial charge >= 0.3 is 0 Å². The van der Waals surface area contributed by atoms with Crippen LogP contribution in [-0.2, 0) is 6.54 Å². The highest BCUT2D eigenvalue weighted by atomic mass is 16.1. The molecule has 0 atom stereocenters. The van der Waals surface area contributed by atoms with Crippen molar-refractivity contribution in [1.82, 2.24) is 10.3 Å². The number of nitrogens with zero attached hydrogens (tertiary/aromatic N) is 2. The van der Waals surface area contributed by atoms with Gasteiger partial charge in [-0.2, -0.15) is 0 Å². The van der Waals surface area contributed by atoms with Gasteiger partial charge < -0.3 is 20.9 Å². The van der Waals surface area contributed by atoms with Gasteiger partial charge in [-0.25, -0.2) is 0 Å². The topological polar surface area (TPSA) is 104 Å². The Morgan fingerprint density at radius 3 is 2.55 bits per heavy atom. The molecule has 1 aliphatic carbocycles. The Balaban J connectivity index is 1.99. The minimum absolute atomic E-state index is 0.160. The summed E-state index contributed by atoms with van der Waals surface area (Å²) in [5.74, 6) is -0.223. The Hall–Kier alpha value is -3.35. The van der Waals surface area contributed by atoms with Crippen molar-refractivity contribution in [3.63, 3.8) is 0 Å². The molecule has 1 heterocycles.